The lowest BCUT2D eigenvalue weighted by atomic mass is 10.1. The molecule has 1 aliphatic rings. The summed E-state index contributed by atoms with van der Waals surface area (Å²) in [6.45, 7) is 1.81. The number of halogens is 2. The Morgan fingerprint density at radius 1 is 1.36 bits per heavy atom. The molecule has 1 aliphatic heterocycles. The molecule has 28 heavy (non-hydrogen) atoms. The van der Waals surface area contributed by atoms with E-state index in [2.05, 4.69) is 4.72 Å². The van der Waals surface area contributed by atoms with Crippen molar-refractivity contribution in [3.05, 3.63) is 62.7 Å². The average molecular weight is 444 g/mol. The summed E-state index contributed by atoms with van der Waals surface area (Å²) in [5.41, 5.74) is 6.34. The zero-order valence-electron chi connectivity index (χ0n) is 15.0. The first-order chi connectivity index (χ1) is 13.2. The molecule has 0 saturated carbocycles. The highest BCUT2D eigenvalue weighted by molar-refractivity contribution is 7.89. The molecule has 6 nitrogen and oxygen atoms in total. The van der Waals surface area contributed by atoms with E-state index in [0.29, 0.717) is 9.90 Å². The van der Waals surface area contributed by atoms with Gasteiger partial charge in [-0.25, -0.2) is 12.8 Å². The summed E-state index contributed by atoms with van der Waals surface area (Å²) in [4.78, 5) is 14.6. The van der Waals surface area contributed by atoms with Gasteiger partial charge in [0.15, 0.2) is 0 Å². The third kappa shape index (κ3) is 4.72. The van der Waals surface area contributed by atoms with E-state index >= 15 is 0 Å². The van der Waals surface area contributed by atoms with Crippen LogP contribution in [-0.2, 0) is 21.2 Å². The van der Waals surface area contributed by atoms with Gasteiger partial charge in [0, 0.05) is 17.5 Å². The summed E-state index contributed by atoms with van der Waals surface area (Å²) in [5.74, 6) is -1.38. The Morgan fingerprint density at radius 2 is 2.11 bits per heavy atom. The molecule has 0 aliphatic carbocycles. The summed E-state index contributed by atoms with van der Waals surface area (Å²) in [5, 5.41) is 0. The topological polar surface area (TPSA) is 92.5 Å². The number of anilines is 1. The van der Waals surface area contributed by atoms with Crippen molar-refractivity contribution >= 4 is 44.6 Å². The van der Waals surface area contributed by atoms with Gasteiger partial charge in [-0.2, -0.15) is 0 Å². The molecule has 0 fully saturated rings. The minimum Gasteiger partial charge on any atom is -0.324 e. The molecule has 1 atom stereocenters. The molecular weight excluding hydrogens is 425 g/mol. The zero-order valence-corrected chi connectivity index (χ0v) is 17.4. The van der Waals surface area contributed by atoms with Gasteiger partial charge in [0.1, 0.15) is 11.5 Å². The number of rotatable bonds is 7. The molecule has 2 heterocycles. The van der Waals surface area contributed by atoms with E-state index in [9.17, 15) is 17.6 Å². The standard InChI is InChI=1S/C18H19ClFN3O3S2/c1-11(21)12-2-4-16(14(20)10-12)23-8-6-15(18(23)24)22-28(25,26)9-7-13-3-5-17(19)27-13/h2-6,10-11,22H,7-9,21H2,1H3. The van der Waals surface area contributed by atoms with Crippen molar-refractivity contribution < 1.29 is 17.6 Å². The van der Waals surface area contributed by atoms with Crippen LogP contribution in [0.25, 0.3) is 0 Å². The fourth-order valence-corrected chi connectivity index (χ4v) is 5.07. The molecule has 10 heteroatoms. The predicted octanol–water partition coefficient (Wildman–Crippen LogP) is 2.95. The summed E-state index contributed by atoms with van der Waals surface area (Å²) in [6, 6.07) is 7.52. The molecule has 1 amide bonds. The van der Waals surface area contributed by atoms with Crippen LogP contribution in [0.5, 0.6) is 0 Å². The molecule has 3 N–H and O–H groups in total. The van der Waals surface area contributed by atoms with E-state index in [-0.39, 0.29) is 36.1 Å². The van der Waals surface area contributed by atoms with E-state index in [0.717, 1.165) is 4.88 Å². The Hall–Kier alpha value is -1.94. The number of sulfonamides is 1. The minimum atomic E-state index is -3.73. The number of carbonyl (C=O) groups excluding carboxylic acids is 1. The van der Waals surface area contributed by atoms with Crippen molar-refractivity contribution in [1.82, 2.24) is 4.72 Å². The van der Waals surface area contributed by atoms with E-state index < -0.39 is 21.7 Å². The maximum atomic E-state index is 14.4. The van der Waals surface area contributed by atoms with Crippen molar-refractivity contribution in [3.63, 3.8) is 0 Å². The number of thiophene rings is 1. The molecule has 0 saturated heterocycles. The molecule has 2 aromatic rings. The van der Waals surface area contributed by atoms with Crippen LogP contribution in [0.1, 0.15) is 23.4 Å². The van der Waals surface area contributed by atoms with Gasteiger partial charge in [-0.15, -0.1) is 11.3 Å². The molecule has 1 aromatic carbocycles. The van der Waals surface area contributed by atoms with Gasteiger partial charge in [-0.1, -0.05) is 17.7 Å². The van der Waals surface area contributed by atoms with Gasteiger partial charge < -0.3 is 10.6 Å². The first-order valence-corrected chi connectivity index (χ1v) is 11.3. The summed E-state index contributed by atoms with van der Waals surface area (Å²) in [7, 11) is -3.73. The van der Waals surface area contributed by atoms with Crippen molar-refractivity contribution in [3.8, 4) is 0 Å². The van der Waals surface area contributed by atoms with Gasteiger partial charge >= 0.3 is 0 Å². The Balaban J connectivity index is 1.66. The Bertz CT molecular complexity index is 1030. The Labute approximate surface area is 171 Å². The van der Waals surface area contributed by atoms with Crippen LogP contribution < -0.4 is 15.4 Å². The van der Waals surface area contributed by atoms with Crippen LogP contribution in [0.2, 0.25) is 4.34 Å². The molecule has 0 bridgehead atoms. The summed E-state index contributed by atoms with van der Waals surface area (Å²) >= 11 is 7.14. The number of carbonyl (C=O) groups is 1. The Morgan fingerprint density at radius 3 is 2.71 bits per heavy atom. The molecular formula is C18H19ClFN3O3S2. The first kappa shape index (κ1) is 20.8. The second-order valence-corrected chi connectivity index (χ2v) is 10.1. The molecule has 1 unspecified atom stereocenters. The van der Waals surface area contributed by atoms with E-state index in [1.54, 1.807) is 25.1 Å². The molecule has 1 aromatic heterocycles. The SMILES string of the molecule is CC(N)c1ccc(N2CC=C(NS(=O)(=O)CCc3ccc(Cl)s3)C2=O)c(F)c1. The lowest BCUT2D eigenvalue weighted by Crippen LogP contribution is -2.34. The van der Waals surface area contributed by atoms with Crippen LogP contribution >= 0.6 is 22.9 Å². The number of hydrogen-bond acceptors (Lipinski definition) is 5. The summed E-state index contributed by atoms with van der Waals surface area (Å²) in [6.07, 6.45) is 1.71. The number of nitrogens with one attached hydrogen (secondary N) is 1. The minimum absolute atomic E-state index is 0.0751. The van der Waals surface area contributed by atoms with Crippen molar-refractivity contribution in [2.24, 2.45) is 5.73 Å². The number of nitrogens with zero attached hydrogens (tertiary/aromatic N) is 1. The number of nitrogens with two attached hydrogens (primary N) is 1. The maximum absolute atomic E-state index is 14.4. The highest BCUT2D eigenvalue weighted by Gasteiger charge is 2.30. The van der Waals surface area contributed by atoms with Gasteiger partial charge in [0.25, 0.3) is 5.91 Å². The second-order valence-electron chi connectivity index (χ2n) is 6.41. The quantitative estimate of drug-likeness (QED) is 0.688. The van der Waals surface area contributed by atoms with Gasteiger partial charge in [0.2, 0.25) is 10.0 Å². The van der Waals surface area contributed by atoms with Crippen molar-refractivity contribution in [2.75, 3.05) is 17.2 Å². The van der Waals surface area contributed by atoms with Gasteiger partial charge in [0.05, 0.1) is 15.8 Å². The van der Waals surface area contributed by atoms with Gasteiger partial charge in [-0.05, 0) is 49.2 Å². The number of hydrogen-bond donors (Lipinski definition) is 2. The first-order valence-electron chi connectivity index (χ1n) is 8.48. The highest BCUT2D eigenvalue weighted by Crippen LogP contribution is 2.27. The number of aryl methyl sites for hydroxylation is 1. The fraction of sp³-hybridized carbons (Fsp3) is 0.278. The van der Waals surface area contributed by atoms with Crippen LogP contribution in [0.15, 0.2) is 42.1 Å². The number of benzene rings is 1. The smallest absolute Gasteiger partial charge is 0.275 e. The zero-order chi connectivity index (χ0) is 20.5. The monoisotopic (exact) mass is 443 g/mol. The number of amides is 1. The van der Waals surface area contributed by atoms with E-state index in [1.807, 2.05) is 0 Å². The Kier molecular flexibility index (Phi) is 6.09. The van der Waals surface area contributed by atoms with Gasteiger partial charge in [-0.3, -0.25) is 9.52 Å². The highest BCUT2D eigenvalue weighted by atomic mass is 35.5. The molecule has 3 rings (SSSR count). The van der Waals surface area contributed by atoms with Crippen LogP contribution in [0, 0.1) is 5.82 Å². The molecule has 150 valence electrons. The molecule has 0 spiro atoms. The van der Waals surface area contributed by atoms with Crippen molar-refractivity contribution in [2.45, 2.75) is 19.4 Å². The fourth-order valence-electron chi connectivity index (χ4n) is 2.76. The normalized spacial score (nSPS) is 15.6. The van der Waals surface area contributed by atoms with E-state index in [1.165, 1.54) is 34.4 Å². The lowest BCUT2D eigenvalue weighted by molar-refractivity contribution is -0.114. The summed E-state index contributed by atoms with van der Waals surface area (Å²) < 4.78 is 41.9. The van der Waals surface area contributed by atoms with Crippen LogP contribution in [0.4, 0.5) is 10.1 Å². The largest absolute Gasteiger partial charge is 0.324 e. The van der Waals surface area contributed by atoms with Crippen molar-refractivity contribution in [1.29, 1.82) is 0 Å². The maximum Gasteiger partial charge on any atom is 0.275 e. The van der Waals surface area contributed by atoms with E-state index in [4.69, 9.17) is 17.3 Å². The molecule has 0 radical (unpaired) electrons. The average Bonchev–Trinajstić information content (AvgIpc) is 3.19. The lowest BCUT2D eigenvalue weighted by Gasteiger charge is -2.19. The third-order valence-electron chi connectivity index (χ3n) is 4.25. The van der Waals surface area contributed by atoms with Crippen LogP contribution in [-0.4, -0.2) is 26.6 Å². The third-order valence-corrected chi connectivity index (χ3v) is 6.82. The second kappa shape index (κ2) is 8.20. The van der Waals surface area contributed by atoms with Crippen LogP contribution in [0.3, 0.4) is 0 Å². The predicted molar refractivity (Wildman–Crippen MR) is 109 cm³/mol.